The third-order valence-electron chi connectivity index (χ3n) is 4.93. The molecular formula is C21H24N6O2. The highest BCUT2D eigenvalue weighted by Crippen LogP contribution is 2.23. The fraction of sp³-hybridized carbons (Fsp3) is 0.333. The van der Waals surface area contributed by atoms with Crippen LogP contribution in [0.5, 0.6) is 5.75 Å². The average molecular weight is 392 g/mol. The summed E-state index contributed by atoms with van der Waals surface area (Å²) in [6, 6.07) is 10.9. The fourth-order valence-electron chi connectivity index (χ4n) is 3.32. The van der Waals surface area contributed by atoms with Crippen LogP contribution in [0.2, 0.25) is 0 Å². The second kappa shape index (κ2) is 8.83. The monoisotopic (exact) mass is 392 g/mol. The maximum absolute atomic E-state index is 12.7. The Hall–Kier alpha value is -3.26. The third kappa shape index (κ3) is 4.78. The molecule has 1 aliphatic heterocycles. The van der Waals surface area contributed by atoms with Gasteiger partial charge in [-0.2, -0.15) is 10.1 Å². The zero-order chi connectivity index (χ0) is 20.1. The molecule has 1 aliphatic rings. The van der Waals surface area contributed by atoms with Crippen LogP contribution in [-0.2, 0) is 13.7 Å². The van der Waals surface area contributed by atoms with Crippen LogP contribution >= 0.6 is 0 Å². The number of amides is 1. The Morgan fingerprint density at radius 1 is 1.28 bits per heavy atom. The zero-order valence-corrected chi connectivity index (χ0v) is 16.3. The number of hydrogen-bond donors (Lipinski definition) is 2. The van der Waals surface area contributed by atoms with Crippen molar-refractivity contribution in [1.82, 2.24) is 25.1 Å². The first-order valence-corrected chi connectivity index (χ1v) is 9.74. The topological polar surface area (TPSA) is 94.0 Å². The second-order valence-corrected chi connectivity index (χ2v) is 7.07. The van der Waals surface area contributed by atoms with Gasteiger partial charge in [0.1, 0.15) is 12.4 Å². The molecule has 0 radical (unpaired) electrons. The summed E-state index contributed by atoms with van der Waals surface area (Å²) >= 11 is 0. The van der Waals surface area contributed by atoms with Crippen LogP contribution in [0.15, 0.2) is 48.8 Å². The molecule has 2 N–H and O–H groups in total. The standard InChI is InChI=1S/C21H24N6O2/c1-27-21(24-19(26-27)16-7-10-22-11-8-16)25-20(28)17-5-2-6-18(12-17)29-14-15-4-3-9-23-13-15/h2-6,9,12-13,16,22H,7-8,10-11,14H2,1H3,(H,24,25,26,28). The molecule has 0 atom stereocenters. The van der Waals surface area contributed by atoms with Gasteiger partial charge in [-0.05, 0) is 50.2 Å². The summed E-state index contributed by atoms with van der Waals surface area (Å²) < 4.78 is 7.40. The van der Waals surface area contributed by atoms with E-state index in [9.17, 15) is 4.79 Å². The van der Waals surface area contributed by atoms with E-state index in [2.05, 4.69) is 25.7 Å². The summed E-state index contributed by atoms with van der Waals surface area (Å²) in [6.45, 7) is 2.33. The maximum atomic E-state index is 12.7. The van der Waals surface area contributed by atoms with Crippen molar-refractivity contribution in [1.29, 1.82) is 0 Å². The number of rotatable bonds is 6. The van der Waals surface area contributed by atoms with Crippen LogP contribution in [0, 0.1) is 0 Å². The van der Waals surface area contributed by atoms with Crippen LogP contribution < -0.4 is 15.4 Å². The predicted molar refractivity (Wildman–Crippen MR) is 109 cm³/mol. The van der Waals surface area contributed by atoms with Gasteiger partial charge in [0.05, 0.1) is 0 Å². The van der Waals surface area contributed by atoms with E-state index in [1.807, 2.05) is 18.2 Å². The van der Waals surface area contributed by atoms with Gasteiger partial charge in [-0.1, -0.05) is 12.1 Å². The van der Waals surface area contributed by atoms with Crippen molar-refractivity contribution >= 4 is 11.9 Å². The number of carbonyl (C=O) groups excluding carboxylic acids is 1. The first kappa shape index (κ1) is 19.1. The Bertz CT molecular complexity index is 966. The van der Waals surface area contributed by atoms with E-state index in [1.54, 1.807) is 42.3 Å². The summed E-state index contributed by atoms with van der Waals surface area (Å²) in [6.07, 6.45) is 5.49. The minimum Gasteiger partial charge on any atom is -0.489 e. The Morgan fingerprint density at radius 2 is 2.14 bits per heavy atom. The summed E-state index contributed by atoms with van der Waals surface area (Å²) in [7, 11) is 1.79. The van der Waals surface area contributed by atoms with E-state index in [-0.39, 0.29) is 5.91 Å². The van der Waals surface area contributed by atoms with Gasteiger partial charge in [0.25, 0.3) is 5.91 Å². The van der Waals surface area contributed by atoms with Crippen molar-refractivity contribution in [3.63, 3.8) is 0 Å². The molecule has 0 saturated carbocycles. The van der Waals surface area contributed by atoms with Crippen molar-refractivity contribution in [2.75, 3.05) is 18.4 Å². The van der Waals surface area contributed by atoms with Gasteiger partial charge in [0.15, 0.2) is 5.82 Å². The average Bonchev–Trinajstić information content (AvgIpc) is 3.14. The molecule has 0 bridgehead atoms. The van der Waals surface area contributed by atoms with Gasteiger partial charge in [-0.15, -0.1) is 0 Å². The minimum absolute atomic E-state index is 0.246. The molecule has 1 fully saturated rings. The molecule has 0 spiro atoms. The SMILES string of the molecule is Cn1nc(C2CCNCC2)nc1NC(=O)c1cccc(OCc2cccnc2)c1. The van der Waals surface area contributed by atoms with Gasteiger partial charge in [-0.3, -0.25) is 15.1 Å². The number of hydrogen-bond acceptors (Lipinski definition) is 6. The quantitative estimate of drug-likeness (QED) is 0.669. The van der Waals surface area contributed by atoms with Gasteiger partial charge < -0.3 is 10.1 Å². The molecule has 1 amide bonds. The Balaban J connectivity index is 1.41. The molecule has 150 valence electrons. The highest BCUT2D eigenvalue weighted by Gasteiger charge is 2.21. The van der Waals surface area contributed by atoms with Gasteiger partial charge in [-0.25, -0.2) is 4.68 Å². The summed E-state index contributed by atoms with van der Waals surface area (Å²) in [5, 5.41) is 10.7. The van der Waals surface area contributed by atoms with Crippen LogP contribution in [0.4, 0.5) is 5.95 Å². The number of piperidine rings is 1. The highest BCUT2D eigenvalue weighted by molar-refractivity contribution is 6.03. The van der Waals surface area contributed by atoms with Gasteiger partial charge >= 0.3 is 0 Å². The van der Waals surface area contributed by atoms with E-state index in [0.717, 1.165) is 37.3 Å². The van der Waals surface area contributed by atoms with Crippen molar-refractivity contribution < 1.29 is 9.53 Å². The molecule has 0 unspecified atom stereocenters. The minimum atomic E-state index is -0.246. The smallest absolute Gasteiger partial charge is 0.258 e. The van der Waals surface area contributed by atoms with E-state index in [0.29, 0.717) is 29.8 Å². The van der Waals surface area contributed by atoms with E-state index < -0.39 is 0 Å². The molecule has 29 heavy (non-hydrogen) atoms. The molecule has 1 aromatic carbocycles. The number of nitrogens with zero attached hydrogens (tertiary/aromatic N) is 4. The third-order valence-corrected chi connectivity index (χ3v) is 4.93. The molecule has 8 nitrogen and oxygen atoms in total. The lowest BCUT2D eigenvalue weighted by molar-refractivity contribution is 0.102. The summed E-state index contributed by atoms with van der Waals surface area (Å²) in [5.41, 5.74) is 1.46. The lowest BCUT2D eigenvalue weighted by atomic mass is 9.98. The Kier molecular flexibility index (Phi) is 5.81. The lowest BCUT2D eigenvalue weighted by Gasteiger charge is -2.19. The van der Waals surface area contributed by atoms with E-state index >= 15 is 0 Å². The number of ether oxygens (including phenoxy) is 1. The predicted octanol–water partition coefficient (Wildman–Crippen LogP) is 2.51. The molecule has 0 aliphatic carbocycles. The number of aromatic nitrogens is 4. The van der Waals surface area contributed by atoms with Gasteiger partial charge in [0, 0.05) is 36.5 Å². The number of nitrogens with one attached hydrogen (secondary N) is 2. The summed E-state index contributed by atoms with van der Waals surface area (Å²) in [5.74, 6) is 1.94. The largest absolute Gasteiger partial charge is 0.489 e. The van der Waals surface area contributed by atoms with Gasteiger partial charge in [0.2, 0.25) is 5.95 Å². The number of carbonyl (C=O) groups is 1. The van der Waals surface area contributed by atoms with E-state index in [1.165, 1.54) is 0 Å². The number of benzene rings is 1. The van der Waals surface area contributed by atoms with Crippen molar-refractivity contribution in [3.05, 3.63) is 65.7 Å². The number of aryl methyl sites for hydroxylation is 1. The molecule has 2 aromatic heterocycles. The van der Waals surface area contributed by atoms with Crippen LogP contribution in [0.3, 0.4) is 0 Å². The van der Waals surface area contributed by atoms with Crippen LogP contribution in [0.25, 0.3) is 0 Å². The molecular weight excluding hydrogens is 368 g/mol. The Morgan fingerprint density at radius 3 is 2.93 bits per heavy atom. The fourth-order valence-corrected chi connectivity index (χ4v) is 3.32. The van der Waals surface area contributed by atoms with E-state index in [4.69, 9.17) is 4.74 Å². The molecule has 8 heteroatoms. The second-order valence-electron chi connectivity index (χ2n) is 7.07. The summed E-state index contributed by atoms with van der Waals surface area (Å²) in [4.78, 5) is 21.3. The van der Waals surface area contributed by atoms with Crippen molar-refractivity contribution in [3.8, 4) is 5.75 Å². The highest BCUT2D eigenvalue weighted by atomic mass is 16.5. The number of pyridine rings is 1. The normalized spacial score (nSPS) is 14.5. The van der Waals surface area contributed by atoms with Crippen LogP contribution in [0.1, 0.15) is 40.5 Å². The first-order valence-electron chi connectivity index (χ1n) is 9.74. The molecule has 1 saturated heterocycles. The maximum Gasteiger partial charge on any atom is 0.258 e. The van der Waals surface area contributed by atoms with Crippen LogP contribution in [-0.4, -0.2) is 38.7 Å². The Labute approximate surface area is 169 Å². The molecule has 4 rings (SSSR count). The van der Waals surface area contributed by atoms with Crippen molar-refractivity contribution in [2.24, 2.45) is 7.05 Å². The first-order chi connectivity index (χ1) is 14.2. The lowest BCUT2D eigenvalue weighted by Crippen LogP contribution is -2.27. The zero-order valence-electron chi connectivity index (χ0n) is 16.3. The van der Waals surface area contributed by atoms with Crippen molar-refractivity contribution in [2.45, 2.75) is 25.4 Å². The molecule has 3 aromatic rings. The number of anilines is 1. The molecule has 3 heterocycles.